The number of aromatic nitrogens is 3. The van der Waals surface area contributed by atoms with Crippen molar-refractivity contribution in [1.82, 2.24) is 20.1 Å². The monoisotopic (exact) mass is 343 g/mol. The Morgan fingerprint density at radius 1 is 1.15 bits per heavy atom. The third-order valence-corrected chi connectivity index (χ3v) is 4.62. The zero-order valence-corrected chi connectivity index (χ0v) is 14.1. The van der Waals surface area contributed by atoms with Crippen molar-refractivity contribution in [2.75, 3.05) is 6.54 Å². The van der Waals surface area contributed by atoms with E-state index in [4.69, 9.17) is 5.26 Å². The first-order valence-electron chi connectivity index (χ1n) is 8.55. The van der Waals surface area contributed by atoms with Gasteiger partial charge in [-0.05, 0) is 37.1 Å². The summed E-state index contributed by atoms with van der Waals surface area (Å²) in [5.41, 5.74) is 2.07. The summed E-state index contributed by atoms with van der Waals surface area (Å²) in [6.45, 7) is 0.685. The van der Waals surface area contributed by atoms with Gasteiger partial charge < -0.3 is 4.90 Å². The van der Waals surface area contributed by atoms with Gasteiger partial charge in [-0.2, -0.15) is 10.4 Å². The molecule has 0 spiro atoms. The van der Waals surface area contributed by atoms with Gasteiger partial charge in [-0.15, -0.1) is 0 Å². The highest BCUT2D eigenvalue weighted by Gasteiger charge is 2.33. The zero-order valence-electron chi connectivity index (χ0n) is 14.1. The highest BCUT2D eigenvalue weighted by atomic mass is 16.2. The van der Waals surface area contributed by atoms with Gasteiger partial charge in [0.05, 0.1) is 17.7 Å². The number of benzene rings is 2. The van der Waals surface area contributed by atoms with Gasteiger partial charge in [0.1, 0.15) is 5.82 Å². The zero-order chi connectivity index (χ0) is 17.9. The molecular formula is C20H17N5O. The minimum absolute atomic E-state index is 0.0466. The molecule has 1 aromatic heterocycles. The lowest BCUT2D eigenvalue weighted by atomic mass is 10.1. The molecule has 26 heavy (non-hydrogen) atoms. The number of hydrogen-bond donors (Lipinski definition) is 1. The molecular weight excluding hydrogens is 326 g/mol. The highest BCUT2D eigenvalue weighted by Crippen LogP contribution is 2.32. The summed E-state index contributed by atoms with van der Waals surface area (Å²) in [7, 11) is 0. The molecule has 6 nitrogen and oxygen atoms in total. The molecule has 0 aliphatic carbocycles. The molecule has 2 aromatic carbocycles. The SMILES string of the molecule is N#Cc1ccc(C(=O)N2CCCC2c2nc(-c3ccccc3)n[nH]2)cc1. The number of carbonyl (C=O) groups excluding carboxylic acids is 1. The van der Waals surface area contributed by atoms with Crippen molar-refractivity contribution in [2.24, 2.45) is 0 Å². The average Bonchev–Trinajstić information content (AvgIpc) is 3.37. The predicted molar refractivity (Wildman–Crippen MR) is 96.0 cm³/mol. The summed E-state index contributed by atoms with van der Waals surface area (Å²) in [5, 5.41) is 16.2. The van der Waals surface area contributed by atoms with Crippen LogP contribution in [0.4, 0.5) is 0 Å². The van der Waals surface area contributed by atoms with Crippen molar-refractivity contribution < 1.29 is 4.79 Å². The van der Waals surface area contributed by atoms with Crippen LogP contribution in [-0.2, 0) is 0 Å². The molecule has 2 heterocycles. The van der Waals surface area contributed by atoms with Crippen LogP contribution in [-0.4, -0.2) is 32.5 Å². The quantitative estimate of drug-likeness (QED) is 0.790. The summed E-state index contributed by atoms with van der Waals surface area (Å²) < 4.78 is 0. The van der Waals surface area contributed by atoms with E-state index in [1.807, 2.05) is 35.2 Å². The lowest BCUT2D eigenvalue weighted by Crippen LogP contribution is -2.31. The number of likely N-dealkylation sites (tertiary alicyclic amines) is 1. The lowest BCUT2D eigenvalue weighted by molar-refractivity contribution is 0.0730. The second kappa shape index (κ2) is 6.81. The molecule has 1 aliphatic rings. The van der Waals surface area contributed by atoms with E-state index >= 15 is 0 Å². The van der Waals surface area contributed by atoms with Gasteiger partial charge in [0.15, 0.2) is 5.82 Å². The largest absolute Gasteiger partial charge is 0.328 e. The number of rotatable bonds is 3. The molecule has 4 rings (SSSR count). The van der Waals surface area contributed by atoms with Crippen molar-refractivity contribution >= 4 is 5.91 Å². The van der Waals surface area contributed by atoms with E-state index in [1.54, 1.807) is 24.3 Å². The molecule has 1 amide bonds. The van der Waals surface area contributed by atoms with Crippen LogP contribution in [0.5, 0.6) is 0 Å². The topological polar surface area (TPSA) is 85.7 Å². The fourth-order valence-electron chi connectivity index (χ4n) is 3.29. The van der Waals surface area contributed by atoms with Gasteiger partial charge in [-0.1, -0.05) is 30.3 Å². The van der Waals surface area contributed by atoms with Crippen LogP contribution in [0.2, 0.25) is 0 Å². The van der Waals surface area contributed by atoms with Gasteiger partial charge in [0, 0.05) is 17.7 Å². The Bertz CT molecular complexity index is 956. The van der Waals surface area contributed by atoms with Crippen LogP contribution in [0.15, 0.2) is 54.6 Å². The first-order chi connectivity index (χ1) is 12.8. The van der Waals surface area contributed by atoms with Gasteiger partial charge >= 0.3 is 0 Å². The molecule has 0 saturated carbocycles. The minimum Gasteiger partial charge on any atom is -0.328 e. The number of carbonyl (C=O) groups is 1. The van der Waals surface area contributed by atoms with Crippen LogP contribution in [0.25, 0.3) is 11.4 Å². The summed E-state index contributed by atoms with van der Waals surface area (Å²) in [6.07, 6.45) is 1.78. The van der Waals surface area contributed by atoms with E-state index < -0.39 is 0 Å². The first-order valence-corrected chi connectivity index (χ1v) is 8.55. The number of hydrogen-bond acceptors (Lipinski definition) is 4. The van der Waals surface area contributed by atoms with E-state index in [-0.39, 0.29) is 11.9 Å². The number of amides is 1. The summed E-state index contributed by atoms with van der Waals surface area (Å²) in [6, 6.07) is 18.5. The number of nitrogens with zero attached hydrogens (tertiary/aromatic N) is 4. The van der Waals surface area contributed by atoms with Crippen LogP contribution >= 0.6 is 0 Å². The molecule has 0 bridgehead atoms. The van der Waals surface area contributed by atoms with Gasteiger partial charge in [-0.25, -0.2) is 4.98 Å². The summed E-state index contributed by atoms with van der Waals surface area (Å²) in [5.74, 6) is 1.30. The Hall–Kier alpha value is -3.46. The Kier molecular flexibility index (Phi) is 4.20. The Morgan fingerprint density at radius 2 is 1.92 bits per heavy atom. The van der Waals surface area contributed by atoms with E-state index in [0.29, 0.717) is 29.3 Å². The molecule has 1 saturated heterocycles. The van der Waals surface area contributed by atoms with Crippen LogP contribution in [0.3, 0.4) is 0 Å². The molecule has 3 aromatic rings. The third-order valence-electron chi connectivity index (χ3n) is 4.62. The van der Waals surface area contributed by atoms with E-state index in [9.17, 15) is 4.79 Å². The van der Waals surface area contributed by atoms with Crippen molar-refractivity contribution in [3.63, 3.8) is 0 Å². The van der Waals surface area contributed by atoms with Gasteiger partial charge in [0.2, 0.25) is 0 Å². The smallest absolute Gasteiger partial charge is 0.254 e. The molecule has 1 aliphatic heterocycles. The molecule has 1 atom stereocenters. The standard InChI is InChI=1S/C20H17N5O/c21-13-14-8-10-16(11-9-14)20(26)25-12-4-7-17(25)19-22-18(23-24-19)15-5-2-1-3-6-15/h1-3,5-6,8-11,17H,4,7,12H2,(H,22,23,24). The molecule has 0 radical (unpaired) electrons. The second-order valence-corrected chi connectivity index (χ2v) is 6.26. The first kappa shape index (κ1) is 16.0. The van der Waals surface area contributed by atoms with Crippen molar-refractivity contribution in [3.05, 3.63) is 71.5 Å². The number of nitrogens with one attached hydrogen (secondary N) is 1. The third kappa shape index (κ3) is 2.95. The Balaban J connectivity index is 1.58. The van der Waals surface area contributed by atoms with Gasteiger partial charge in [-0.3, -0.25) is 9.89 Å². The maximum Gasteiger partial charge on any atom is 0.254 e. The predicted octanol–water partition coefficient (Wildman–Crippen LogP) is 3.32. The van der Waals surface area contributed by atoms with Crippen molar-refractivity contribution in [1.29, 1.82) is 5.26 Å². The van der Waals surface area contributed by atoms with E-state index in [0.717, 1.165) is 18.4 Å². The van der Waals surface area contributed by atoms with Gasteiger partial charge in [0.25, 0.3) is 5.91 Å². The number of H-pyrrole nitrogens is 1. The van der Waals surface area contributed by atoms with Crippen LogP contribution in [0.1, 0.15) is 40.6 Å². The van der Waals surface area contributed by atoms with Crippen molar-refractivity contribution in [3.8, 4) is 17.5 Å². The molecule has 6 heteroatoms. The molecule has 1 fully saturated rings. The average molecular weight is 343 g/mol. The van der Waals surface area contributed by atoms with Crippen LogP contribution < -0.4 is 0 Å². The maximum atomic E-state index is 12.9. The number of aromatic amines is 1. The fraction of sp³-hybridized carbons (Fsp3) is 0.200. The Morgan fingerprint density at radius 3 is 2.65 bits per heavy atom. The molecule has 1 unspecified atom stereocenters. The van der Waals surface area contributed by atoms with Crippen LogP contribution in [0, 0.1) is 11.3 Å². The fourth-order valence-corrected chi connectivity index (χ4v) is 3.29. The molecule has 1 N–H and O–H groups in total. The highest BCUT2D eigenvalue weighted by molar-refractivity contribution is 5.94. The van der Waals surface area contributed by atoms with Crippen molar-refractivity contribution in [2.45, 2.75) is 18.9 Å². The van der Waals surface area contributed by atoms with E-state index in [2.05, 4.69) is 21.3 Å². The summed E-state index contributed by atoms with van der Waals surface area (Å²) in [4.78, 5) is 19.3. The van der Waals surface area contributed by atoms with E-state index in [1.165, 1.54) is 0 Å². The normalized spacial score (nSPS) is 16.4. The summed E-state index contributed by atoms with van der Waals surface area (Å²) >= 11 is 0. The Labute approximate surface area is 151 Å². The maximum absolute atomic E-state index is 12.9. The molecule has 128 valence electrons. The second-order valence-electron chi connectivity index (χ2n) is 6.26. The minimum atomic E-state index is -0.108. The lowest BCUT2D eigenvalue weighted by Gasteiger charge is -2.23. The number of nitriles is 1.